The fourth-order valence-electron chi connectivity index (χ4n) is 6.37. The maximum atomic E-state index is 13.8. The maximum Gasteiger partial charge on any atom is 0.312 e. The summed E-state index contributed by atoms with van der Waals surface area (Å²) in [6.07, 6.45) is 1.27. The van der Waals surface area contributed by atoms with Crippen LogP contribution in [0, 0.1) is 17.8 Å². The van der Waals surface area contributed by atoms with Crippen LogP contribution in [0.2, 0.25) is 0 Å². The van der Waals surface area contributed by atoms with Crippen LogP contribution in [0.5, 0.6) is 0 Å². The molecule has 2 bridgehead atoms. The van der Waals surface area contributed by atoms with E-state index in [2.05, 4.69) is 10.2 Å². The van der Waals surface area contributed by atoms with E-state index in [9.17, 15) is 19.5 Å². The van der Waals surface area contributed by atoms with Gasteiger partial charge in [-0.25, -0.2) is 0 Å². The Morgan fingerprint density at radius 1 is 1.29 bits per heavy atom. The highest BCUT2D eigenvalue weighted by atomic mass is 16.6. The molecule has 0 aromatic heterocycles. The summed E-state index contributed by atoms with van der Waals surface area (Å²) >= 11 is 0. The first-order valence-corrected chi connectivity index (χ1v) is 12.7. The van der Waals surface area contributed by atoms with Gasteiger partial charge in [0.1, 0.15) is 11.6 Å². The summed E-state index contributed by atoms with van der Waals surface area (Å²) in [6, 6.07) is -1.40. The summed E-state index contributed by atoms with van der Waals surface area (Å²) in [5, 5.41) is 13.2. The number of morpholine rings is 1. The molecule has 4 aliphatic rings. The summed E-state index contributed by atoms with van der Waals surface area (Å²) in [7, 11) is 0. The maximum absolute atomic E-state index is 13.8. The van der Waals surface area contributed by atoms with Crippen LogP contribution >= 0.6 is 0 Å². The zero-order valence-electron chi connectivity index (χ0n) is 20.5. The van der Waals surface area contributed by atoms with Gasteiger partial charge in [0, 0.05) is 26.2 Å². The Labute approximate surface area is 201 Å². The number of aliphatic hydroxyl groups excluding tert-OH is 1. The predicted octanol–water partition coefficient (Wildman–Crippen LogP) is -0.220. The first-order valence-electron chi connectivity index (χ1n) is 12.7. The van der Waals surface area contributed by atoms with E-state index in [1.807, 2.05) is 13.8 Å². The van der Waals surface area contributed by atoms with Crippen molar-refractivity contribution in [1.82, 2.24) is 15.1 Å². The Kier molecular flexibility index (Phi) is 7.81. The average Bonchev–Trinajstić information content (AvgIpc) is 3.45. The second kappa shape index (κ2) is 10.5. The lowest BCUT2D eigenvalue weighted by atomic mass is 9.71. The van der Waals surface area contributed by atoms with E-state index in [-0.39, 0.29) is 30.9 Å². The summed E-state index contributed by atoms with van der Waals surface area (Å²) < 4.78 is 17.0. The minimum Gasteiger partial charge on any atom is -0.466 e. The fraction of sp³-hybridized carbons (Fsp3) is 0.875. The number of nitrogens with one attached hydrogen (secondary N) is 1. The van der Waals surface area contributed by atoms with Crippen LogP contribution in [0.1, 0.15) is 40.0 Å². The number of carbonyl (C=O) groups excluding carboxylic acids is 3. The number of hydrogen-bond donors (Lipinski definition) is 2. The minimum absolute atomic E-state index is 0.214. The van der Waals surface area contributed by atoms with E-state index in [1.165, 1.54) is 4.90 Å². The lowest BCUT2D eigenvalue weighted by Gasteiger charge is -2.37. The molecule has 4 rings (SSSR count). The molecule has 34 heavy (non-hydrogen) atoms. The number of hydrogen-bond acceptors (Lipinski definition) is 8. The highest BCUT2D eigenvalue weighted by molar-refractivity contribution is 5.98. The minimum atomic E-state index is -1.06. The van der Waals surface area contributed by atoms with Gasteiger partial charge in [0.25, 0.3) is 0 Å². The Bertz CT molecular complexity index is 772. The second-order valence-corrected chi connectivity index (χ2v) is 10.3. The van der Waals surface area contributed by atoms with E-state index >= 15 is 0 Å². The van der Waals surface area contributed by atoms with Crippen molar-refractivity contribution in [2.24, 2.45) is 17.8 Å². The first kappa shape index (κ1) is 25.3. The number of ether oxygens (including phenoxy) is 3. The molecule has 0 aliphatic carbocycles. The molecule has 4 heterocycles. The van der Waals surface area contributed by atoms with Crippen molar-refractivity contribution in [3.63, 3.8) is 0 Å². The highest BCUT2D eigenvalue weighted by Crippen LogP contribution is 2.59. The summed E-state index contributed by atoms with van der Waals surface area (Å²) in [5.74, 6) is -2.27. The SMILES string of the molecule is CCOC(=O)[C@@H]1[C@H]2C(=O)N([C@@H](CO)CC(C)C)[C@H](C(=O)NCCN3CCOCC3)[C@]23CC[C@H]1O3. The fourth-order valence-corrected chi connectivity index (χ4v) is 6.37. The molecule has 0 unspecified atom stereocenters. The number of esters is 1. The number of carbonyl (C=O) groups is 3. The third kappa shape index (κ3) is 4.45. The van der Waals surface area contributed by atoms with Crippen LogP contribution in [-0.4, -0.2) is 109 Å². The zero-order chi connectivity index (χ0) is 24.5. The molecular formula is C24H39N3O7. The van der Waals surface area contributed by atoms with Crippen LogP contribution in [0.4, 0.5) is 0 Å². The van der Waals surface area contributed by atoms with Gasteiger partial charge in [-0.1, -0.05) is 13.8 Å². The van der Waals surface area contributed by atoms with Gasteiger partial charge in [-0.2, -0.15) is 0 Å². The van der Waals surface area contributed by atoms with Crippen molar-refractivity contribution in [3.8, 4) is 0 Å². The molecule has 1 spiro atoms. The predicted molar refractivity (Wildman–Crippen MR) is 122 cm³/mol. The highest BCUT2D eigenvalue weighted by Gasteiger charge is 2.75. The summed E-state index contributed by atoms with van der Waals surface area (Å²) in [6.45, 7) is 9.88. The zero-order valence-corrected chi connectivity index (χ0v) is 20.5. The van der Waals surface area contributed by atoms with Crippen LogP contribution < -0.4 is 5.32 Å². The van der Waals surface area contributed by atoms with Gasteiger partial charge in [0.2, 0.25) is 11.8 Å². The molecule has 0 saturated carbocycles. The number of likely N-dealkylation sites (tertiary alicyclic amines) is 1. The molecule has 4 saturated heterocycles. The third-order valence-electron chi connectivity index (χ3n) is 7.72. The lowest BCUT2D eigenvalue weighted by Crippen LogP contribution is -2.58. The normalized spacial score (nSPS) is 33.9. The van der Waals surface area contributed by atoms with Crippen molar-refractivity contribution in [2.45, 2.75) is 63.8 Å². The van der Waals surface area contributed by atoms with Crippen molar-refractivity contribution in [2.75, 3.05) is 52.6 Å². The number of aliphatic hydroxyl groups is 1. The van der Waals surface area contributed by atoms with Crippen LogP contribution in [0.15, 0.2) is 0 Å². The Morgan fingerprint density at radius 3 is 2.68 bits per heavy atom. The molecule has 0 aromatic carbocycles. The molecule has 10 heteroatoms. The van der Waals surface area contributed by atoms with E-state index < -0.39 is 41.6 Å². The van der Waals surface area contributed by atoms with Crippen LogP contribution in [0.25, 0.3) is 0 Å². The average molecular weight is 482 g/mol. The Balaban J connectivity index is 1.58. The quantitative estimate of drug-likeness (QED) is 0.411. The Morgan fingerprint density at radius 2 is 2.03 bits per heavy atom. The number of fused-ring (bicyclic) bond motifs is 1. The van der Waals surface area contributed by atoms with E-state index in [1.54, 1.807) is 6.92 Å². The molecule has 0 aromatic rings. The van der Waals surface area contributed by atoms with E-state index in [0.29, 0.717) is 45.6 Å². The van der Waals surface area contributed by atoms with Gasteiger partial charge in [-0.05, 0) is 32.1 Å². The van der Waals surface area contributed by atoms with Crippen molar-refractivity contribution >= 4 is 17.8 Å². The standard InChI is InChI=1S/C24H39N3O7/c1-4-33-23(31)18-17-5-6-24(34-17)19(18)22(30)27(16(14-28)13-15(2)3)20(24)21(29)25-7-8-26-9-11-32-12-10-26/h15-20,28H,4-14H2,1-3H3,(H,25,29)/t16-,17-,18+,19+,20-,24+/m1/s1. The first-order chi connectivity index (χ1) is 16.3. The largest absolute Gasteiger partial charge is 0.466 e. The molecule has 0 radical (unpaired) electrons. The lowest BCUT2D eigenvalue weighted by molar-refractivity contribution is -0.155. The topological polar surface area (TPSA) is 118 Å². The molecule has 192 valence electrons. The number of nitrogens with zero attached hydrogens (tertiary/aromatic N) is 2. The van der Waals surface area contributed by atoms with E-state index in [0.717, 1.165) is 13.1 Å². The van der Waals surface area contributed by atoms with Crippen LogP contribution in [0.3, 0.4) is 0 Å². The molecule has 2 amide bonds. The van der Waals surface area contributed by atoms with Gasteiger partial charge in [-0.3, -0.25) is 19.3 Å². The van der Waals surface area contributed by atoms with Gasteiger partial charge < -0.3 is 29.5 Å². The van der Waals surface area contributed by atoms with Crippen molar-refractivity contribution < 1.29 is 33.7 Å². The second-order valence-electron chi connectivity index (χ2n) is 10.3. The van der Waals surface area contributed by atoms with Crippen molar-refractivity contribution in [3.05, 3.63) is 0 Å². The molecule has 6 atom stereocenters. The summed E-state index contributed by atoms with van der Waals surface area (Å²) in [4.78, 5) is 44.1. The smallest absolute Gasteiger partial charge is 0.312 e. The van der Waals surface area contributed by atoms with Gasteiger partial charge in [-0.15, -0.1) is 0 Å². The molecular weight excluding hydrogens is 442 g/mol. The van der Waals surface area contributed by atoms with E-state index in [4.69, 9.17) is 14.2 Å². The molecule has 4 aliphatic heterocycles. The van der Waals surface area contributed by atoms with Gasteiger partial charge in [0.15, 0.2) is 0 Å². The van der Waals surface area contributed by atoms with Crippen LogP contribution in [-0.2, 0) is 28.6 Å². The Hall–Kier alpha value is -1.75. The third-order valence-corrected chi connectivity index (χ3v) is 7.72. The monoisotopic (exact) mass is 481 g/mol. The molecule has 4 fully saturated rings. The van der Waals surface area contributed by atoms with Gasteiger partial charge in [0.05, 0.1) is 50.4 Å². The van der Waals surface area contributed by atoms with Gasteiger partial charge >= 0.3 is 5.97 Å². The molecule has 10 nitrogen and oxygen atoms in total. The molecule has 2 N–H and O–H groups in total. The summed E-state index contributed by atoms with van der Waals surface area (Å²) in [5.41, 5.74) is -1.06. The van der Waals surface area contributed by atoms with Crippen molar-refractivity contribution in [1.29, 1.82) is 0 Å². The number of rotatable bonds is 10. The number of amides is 2.